The van der Waals surface area contributed by atoms with Crippen LogP contribution in [0.1, 0.15) is 26.2 Å². The fraction of sp³-hybridized carbons (Fsp3) is 0.615. The van der Waals surface area contributed by atoms with E-state index >= 15 is 0 Å². The Morgan fingerprint density at radius 3 is 2.41 bits per heavy atom. The average Bonchev–Trinajstić information content (AvgIpc) is 2.85. The first-order valence-electron chi connectivity index (χ1n) is 6.36. The van der Waals surface area contributed by atoms with Gasteiger partial charge in [-0.3, -0.25) is 9.47 Å². The molecule has 1 aliphatic heterocycles. The number of aromatic nitrogens is 1. The molecule has 17 heavy (non-hydrogen) atoms. The third-order valence-electron chi connectivity index (χ3n) is 3.43. The number of hydrogen-bond donors (Lipinski definition) is 0. The van der Waals surface area contributed by atoms with Gasteiger partial charge in [0.2, 0.25) is 5.91 Å². The molecule has 94 valence electrons. The Labute approximate surface area is 103 Å². The van der Waals surface area contributed by atoms with Crippen molar-refractivity contribution in [3.8, 4) is 0 Å². The third kappa shape index (κ3) is 2.69. The van der Waals surface area contributed by atoms with Crippen LogP contribution in [0.5, 0.6) is 0 Å². The molecule has 1 aromatic heterocycles. The van der Waals surface area contributed by atoms with Gasteiger partial charge in [-0.2, -0.15) is 0 Å². The Balaban J connectivity index is 2.13. The Morgan fingerprint density at radius 2 is 1.88 bits per heavy atom. The minimum atomic E-state index is 0.204. The summed E-state index contributed by atoms with van der Waals surface area (Å²) in [7, 11) is 2.14. The Bertz CT molecular complexity index is 353. The van der Waals surface area contributed by atoms with Crippen LogP contribution in [0.25, 0.3) is 0 Å². The predicted molar refractivity (Wildman–Crippen MR) is 68.5 cm³/mol. The largest absolute Gasteiger partial charge is 0.306 e. The van der Waals surface area contributed by atoms with Gasteiger partial charge in [0.05, 0.1) is 6.04 Å². The van der Waals surface area contributed by atoms with Crippen molar-refractivity contribution in [2.45, 2.75) is 32.2 Å². The van der Waals surface area contributed by atoms with E-state index in [-0.39, 0.29) is 5.91 Å². The van der Waals surface area contributed by atoms with E-state index in [0.717, 1.165) is 25.9 Å². The van der Waals surface area contributed by atoms with E-state index in [9.17, 15) is 4.79 Å². The second-order valence-corrected chi connectivity index (χ2v) is 4.69. The number of piperidine rings is 1. The van der Waals surface area contributed by atoms with Crippen LogP contribution in [0.2, 0.25) is 0 Å². The third-order valence-corrected chi connectivity index (χ3v) is 3.43. The van der Waals surface area contributed by atoms with Gasteiger partial charge < -0.3 is 4.90 Å². The van der Waals surface area contributed by atoms with E-state index < -0.39 is 0 Å². The number of carbonyl (C=O) groups excluding carboxylic acids is 1. The lowest BCUT2D eigenvalue weighted by Crippen LogP contribution is -2.51. The molecule has 1 fully saturated rings. The van der Waals surface area contributed by atoms with Gasteiger partial charge in [0.15, 0.2) is 0 Å². The number of carbonyl (C=O) groups is 1. The minimum absolute atomic E-state index is 0.204. The molecule has 1 amide bonds. The van der Waals surface area contributed by atoms with Gasteiger partial charge >= 0.3 is 0 Å². The summed E-state index contributed by atoms with van der Waals surface area (Å²) in [6.45, 7) is 4.06. The molecule has 1 aliphatic rings. The molecule has 0 N–H and O–H groups in total. The second kappa shape index (κ2) is 5.36. The molecule has 1 aromatic rings. The van der Waals surface area contributed by atoms with Gasteiger partial charge in [-0.15, -0.1) is 0 Å². The summed E-state index contributed by atoms with van der Waals surface area (Å²) >= 11 is 0. The quantitative estimate of drug-likeness (QED) is 0.793. The molecule has 0 spiro atoms. The molecular weight excluding hydrogens is 214 g/mol. The monoisotopic (exact) mass is 235 g/mol. The molecule has 0 atom stereocenters. The first kappa shape index (κ1) is 12.2. The van der Waals surface area contributed by atoms with E-state index in [4.69, 9.17) is 0 Å². The number of rotatable bonds is 3. The lowest BCUT2D eigenvalue weighted by Gasteiger charge is -2.37. The smallest absolute Gasteiger partial charge is 0.241 e. The molecule has 0 aliphatic carbocycles. The first-order valence-corrected chi connectivity index (χ1v) is 6.36. The van der Waals surface area contributed by atoms with Crippen LogP contribution in [-0.2, 0) is 4.79 Å². The van der Waals surface area contributed by atoms with Crippen LogP contribution in [0, 0.1) is 0 Å². The Morgan fingerprint density at radius 1 is 1.29 bits per heavy atom. The summed E-state index contributed by atoms with van der Waals surface area (Å²) in [4.78, 5) is 14.4. The highest BCUT2D eigenvalue weighted by molar-refractivity contribution is 5.86. The molecule has 2 rings (SSSR count). The predicted octanol–water partition coefficient (Wildman–Crippen LogP) is 1.46. The number of hydrogen-bond acceptors (Lipinski definition) is 2. The molecule has 0 bridgehead atoms. The lowest BCUT2D eigenvalue weighted by atomic mass is 10.0. The van der Waals surface area contributed by atoms with Gasteiger partial charge in [0, 0.05) is 18.8 Å². The summed E-state index contributed by atoms with van der Waals surface area (Å²) in [6, 6.07) is 4.27. The van der Waals surface area contributed by atoms with Crippen LogP contribution in [0.4, 0.5) is 0 Å². The highest BCUT2D eigenvalue weighted by atomic mass is 16.2. The van der Waals surface area contributed by atoms with Crippen LogP contribution in [-0.4, -0.2) is 41.7 Å². The van der Waals surface area contributed by atoms with Crippen LogP contribution in [0.3, 0.4) is 0 Å². The zero-order valence-corrected chi connectivity index (χ0v) is 10.7. The van der Waals surface area contributed by atoms with Crippen molar-refractivity contribution >= 4 is 5.91 Å². The van der Waals surface area contributed by atoms with Gasteiger partial charge in [-0.25, -0.2) is 5.01 Å². The van der Waals surface area contributed by atoms with Crippen molar-refractivity contribution in [2.75, 3.05) is 25.1 Å². The fourth-order valence-electron chi connectivity index (χ4n) is 2.39. The Kier molecular flexibility index (Phi) is 3.84. The lowest BCUT2D eigenvalue weighted by molar-refractivity contribution is -0.120. The van der Waals surface area contributed by atoms with Gasteiger partial charge in [0.1, 0.15) is 0 Å². The maximum Gasteiger partial charge on any atom is 0.241 e. The summed E-state index contributed by atoms with van der Waals surface area (Å²) in [5.41, 5.74) is 0. The second-order valence-electron chi connectivity index (χ2n) is 4.69. The molecular formula is C13H21N3O. The summed E-state index contributed by atoms with van der Waals surface area (Å²) in [5, 5.41) is 1.92. The molecule has 0 unspecified atom stereocenters. The molecule has 4 heteroatoms. The zero-order chi connectivity index (χ0) is 12.3. The maximum atomic E-state index is 12.1. The molecule has 0 aromatic carbocycles. The maximum absolute atomic E-state index is 12.1. The summed E-state index contributed by atoms with van der Waals surface area (Å²) in [5.74, 6) is 0.204. The number of nitrogens with zero attached hydrogens (tertiary/aromatic N) is 3. The number of amides is 1. The molecule has 4 nitrogen and oxygen atoms in total. The van der Waals surface area contributed by atoms with Crippen molar-refractivity contribution in [3.05, 3.63) is 24.5 Å². The Hall–Kier alpha value is -1.29. The highest BCUT2D eigenvalue weighted by Crippen LogP contribution is 2.16. The average molecular weight is 235 g/mol. The van der Waals surface area contributed by atoms with Crippen LogP contribution < -0.4 is 5.01 Å². The van der Waals surface area contributed by atoms with Crippen molar-refractivity contribution in [2.24, 2.45) is 0 Å². The van der Waals surface area contributed by atoms with Gasteiger partial charge in [-0.1, -0.05) is 6.92 Å². The first-order chi connectivity index (χ1) is 8.22. The highest BCUT2D eigenvalue weighted by Gasteiger charge is 2.26. The standard InChI is InChI=1S/C13H21N3O/c1-3-13(17)16(15-8-4-5-9-15)12-6-10-14(2)11-7-12/h4-5,8-9,12H,3,6-7,10-11H2,1-2H3. The number of likely N-dealkylation sites (tertiary alicyclic amines) is 1. The van der Waals surface area contributed by atoms with E-state index in [1.54, 1.807) is 0 Å². The van der Waals surface area contributed by atoms with Crippen LogP contribution >= 0.6 is 0 Å². The molecule has 0 radical (unpaired) electrons. The topological polar surface area (TPSA) is 28.5 Å². The van der Waals surface area contributed by atoms with Crippen LogP contribution in [0.15, 0.2) is 24.5 Å². The van der Waals surface area contributed by atoms with Crippen molar-refractivity contribution in [3.63, 3.8) is 0 Å². The zero-order valence-electron chi connectivity index (χ0n) is 10.7. The van der Waals surface area contributed by atoms with E-state index in [0.29, 0.717) is 12.5 Å². The van der Waals surface area contributed by atoms with E-state index in [2.05, 4.69) is 11.9 Å². The van der Waals surface area contributed by atoms with Gasteiger partial charge in [-0.05, 0) is 45.1 Å². The van der Waals surface area contributed by atoms with E-state index in [1.165, 1.54) is 0 Å². The van der Waals surface area contributed by atoms with Crippen molar-refractivity contribution in [1.29, 1.82) is 0 Å². The fourth-order valence-corrected chi connectivity index (χ4v) is 2.39. The molecule has 0 saturated carbocycles. The van der Waals surface area contributed by atoms with Crippen molar-refractivity contribution in [1.82, 2.24) is 9.58 Å². The molecule has 2 heterocycles. The van der Waals surface area contributed by atoms with E-state index in [1.807, 2.05) is 41.1 Å². The minimum Gasteiger partial charge on any atom is -0.306 e. The molecule has 1 saturated heterocycles. The SMILES string of the molecule is CCC(=O)N(C1CCN(C)CC1)n1cccc1. The summed E-state index contributed by atoms with van der Waals surface area (Å²) < 4.78 is 1.93. The van der Waals surface area contributed by atoms with Crippen molar-refractivity contribution < 1.29 is 4.79 Å². The summed E-state index contributed by atoms with van der Waals surface area (Å²) in [6.07, 6.45) is 6.57. The normalized spacial score (nSPS) is 18.2. The van der Waals surface area contributed by atoms with Gasteiger partial charge in [0.25, 0.3) is 0 Å².